The number of hydrogen-bond acceptors (Lipinski definition) is 4. The molecule has 0 atom stereocenters. The predicted octanol–water partition coefficient (Wildman–Crippen LogP) is 0.991. The first-order valence-electron chi connectivity index (χ1n) is 3.91. The van der Waals surface area contributed by atoms with Crippen LogP contribution in [0, 0.1) is 0 Å². The summed E-state index contributed by atoms with van der Waals surface area (Å²) in [4.78, 5) is 11.9. The Morgan fingerprint density at radius 1 is 1.46 bits per heavy atom. The van der Waals surface area contributed by atoms with E-state index in [9.17, 15) is 4.48 Å². The molecule has 2 rings (SSSR count). The van der Waals surface area contributed by atoms with Crippen LogP contribution in [0.15, 0.2) is 12.7 Å². The molecule has 68 valence electrons. The predicted molar refractivity (Wildman–Crippen MR) is 46.0 cm³/mol. The minimum atomic E-state index is 0.186. The van der Waals surface area contributed by atoms with Crippen molar-refractivity contribution in [2.45, 2.75) is 6.92 Å². The Morgan fingerprint density at radius 2 is 2.31 bits per heavy atom. The molecule has 0 unspecified atom stereocenters. The lowest BCUT2D eigenvalue weighted by molar-refractivity contribution is 0.381. The smallest absolute Gasteiger partial charge is 0.195 e. The lowest BCUT2D eigenvalue weighted by atomic mass is 10.5. The van der Waals surface area contributed by atoms with Gasteiger partial charge in [-0.25, -0.2) is 15.0 Å². The van der Waals surface area contributed by atoms with E-state index in [0.29, 0.717) is 22.7 Å². The van der Waals surface area contributed by atoms with Crippen molar-refractivity contribution < 1.29 is 4.48 Å². The van der Waals surface area contributed by atoms with Gasteiger partial charge in [0.2, 0.25) is 0 Å². The Hall–Kier alpha value is -1.72. The van der Waals surface area contributed by atoms with E-state index >= 15 is 0 Å². The van der Waals surface area contributed by atoms with Crippen molar-refractivity contribution in [2.75, 3.05) is 11.9 Å². The summed E-state index contributed by atoms with van der Waals surface area (Å²) in [6, 6.07) is 0. The highest BCUT2D eigenvalue weighted by atomic mass is 19.2. The van der Waals surface area contributed by atoms with Gasteiger partial charge in [0, 0.05) is 6.54 Å². The van der Waals surface area contributed by atoms with Gasteiger partial charge in [-0.3, -0.25) is 0 Å². The lowest BCUT2D eigenvalue weighted by Crippen LogP contribution is -2.00. The number of nitrogens with zero attached hydrogens (tertiary/aromatic N) is 4. The number of halogens is 1. The van der Waals surface area contributed by atoms with E-state index in [0.717, 1.165) is 6.33 Å². The summed E-state index contributed by atoms with van der Waals surface area (Å²) >= 11 is 0. The highest BCUT2D eigenvalue weighted by Crippen LogP contribution is 2.16. The summed E-state index contributed by atoms with van der Waals surface area (Å²) < 4.78 is 12.9. The summed E-state index contributed by atoms with van der Waals surface area (Å²) in [7, 11) is 0. The molecule has 13 heavy (non-hydrogen) atoms. The molecule has 0 aromatic carbocycles. The fraction of sp³-hybridized carbons (Fsp3) is 0.286. The van der Waals surface area contributed by atoms with Crippen LogP contribution in [0.4, 0.5) is 10.3 Å². The Kier molecular flexibility index (Phi) is 1.80. The van der Waals surface area contributed by atoms with Crippen molar-refractivity contribution in [3.05, 3.63) is 12.7 Å². The summed E-state index contributed by atoms with van der Waals surface area (Å²) in [6.07, 6.45) is 2.37. The number of nitrogens with one attached hydrogen (secondary N) is 1. The van der Waals surface area contributed by atoms with Gasteiger partial charge in [0.1, 0.15) is 12.7 Å². The molecule has 6 heteroatoms. The Morgan fingerprint density at radius 3 is 3.08 bits per heavy atom. The van der Waals surface area contributed by atoms with E-state index in [1.54, 1.807) is 0 Å². The first kappa shape index (κ1) is 7.90. The SMILES string of the molecule is CCNc1ncnc2c1ncn2F. The second-order valence-electron chi connectivity index (χ2n) is 2.48. The van der Waals surface area contributed by atoms with Crippen LogP contribution < -0.4 is 5.32 Å². The zero-order chi connectivity index (χ0) is 9.26. The van der Waals surface area contributed by atoms with Crippen LogP contribution in [-0.2, 0) is 0 Å². The van der Waals surface area contributed by atoms with Crippen molar-refractivity contribution in [3.8, 4) is 0 Å². The third kappa shape index (κ3) is 1.20. The van der Waals surface area contributed by atoms with Crippen molar-refractivity contribution in [1.29, 1.82) is 0 Å². The van der Waals surface area contributed by atoms with Gasteiger partial charge in [0.15, 0.2) is 17.0 Å². The maximum Gasteiger partial charge on any atom is 0.195 e. The quantitative estimate of drug-likeness (QED) is 0.750. The maximum absolute atomic E-state index is 12.9. The molecule has 0 fully saturated rings. The van der Waals surface area contributed by atoms with Gasteiger partial charge < -0.3 is 5.32 Å². The molecular formula is C7H8FN5. The highest BCUT2D eigenvalue weighted by Gasteiger charge is 2.08. The molecule has 0 bridgehead atoms. The minimum absolute atomic E-state index is 0.186. The van der Waals surface area contributed by atoms with Gasteiger partial charge in [0.05, 0.1) is 0 Å². The van der Waals surface area contributed by atoms with Crippen LogP contribution in [0.5, 0.6) is 0 Å². The van der Waals surface area contributed by atoms with Crippen LogP contribution >= 0.6 is 0 Å². The van der Waals surface area contributed by atoms with Crippen molar-refractivity contribution >= 4 is 17.0 Å². The summed E-state index contributed by atoms with van der Waals surface area (Å²) in [5.74, 6) is 0.559. The normalized spacial score (nSPS) is 10.6. The van der Waals surface area contributed by atoms with Gasteiger partial charge in [-0.15, -0.1) is 4.79 Å². The average Bonchev–Trinajstić information content (AvgIpc) is 2.50. The van der Waals surface area contributed by atoms with Crippen molar-refractivity contribution in [1.82, 2.24) is 19.7 Å². The third-order valence-electron chi connectivity index (χ3n) is 1.64. The van der Waals surface area contributed by atoms with Crippen molar-refractivity contribution in [2.24, 2.45) is 0 Å². The first-order valence-corrected chi connectivity index (χ1v) is 3.91. The van der Waals surface area contributed by atoms with E-state index in [-0.39, 0.29) is 5.65 Å². The number of hydrogen-bond donors (Lipinski definition) is 1. The summed E-state index contributed by atoms with van der Waals surface area (Å²) in [5, 5.41) is 2.97. The molecule has 0 radical (unpaired) electrons. The standard InChI is InChI=1S/C7H8FN5/c1-2-9-6-5-7(11-3-10-6)13(8)4-12-5/h3-4H,2H2,1H3,(H,9,10,11). The molecule has 2 heterocycles. The highest BCUT2D eigenvalue weighted by molar-refractivity contribution is 5.82. The third-order valence-corrected chi connectivity index (χ3v) is 1.64. The molecule has 0 amide bonds. The topological polar surface area (TPSA) is 55.6 Å². The molecule has 2 aromatic rings. The Bertz CT molecular complexity index is 424. The zero-order valence-corrected chi connectivity index (χ0v) is 7.03. The van der Waals surface area contributed by atoms with E-state index in [2.05, 4.69) is 20.3 Å². The van der Waals surface area contributed by atoms with Crippen LogP contribution in [-0.4, -0.2) is 26.3 Å². The fourth-order valence-electron chi connectivity index (χ4n) is 1.10. The Balaban J connectivity index is 2.63. The molecule has 0 saturated heterocycles. The second kappa shape index (κ2) is 2.96. The minimum Gasteiger partial charge on any atom is -0.368 e. The molecule has 0 aliphatic heterocycles. The first-order chi connectivity index (χ1) is 6.33. The molecule has 0 spiro atoms. The number of fused-ring (bicyclic) bond motifs is 1. The molecular weight excluding hydrogens is 173 g/mol. The van der Waals surface area contributed by atoms with Crippen LogP contribution in [0.2, 0.25) is 0 Å². The van der Waals surface area contributed by atoms with Crippen molar-refractivity contribution in [3.63, 3.8) is 0 Å². The van der Waals surface area contributed by atoms with Gasteiger partial charge in [-0.05, 0) is 6.92 Å². The van der Waals surface area contributed by atoms with Crippen LogP contribution in [0.25, 0.3) is 11.2 Å². The summed E-state index contributed by atoms with van der Waals surface area (Å²) in [5.41, 5.74) is 0.637. The number of imidazole rings is 1. The molecule has 2 aromatic heterocycles. The Labute approximate surface area is 73.6 Å². The number of rotatable bonds is 2. The summed E-state index contributed by atoms with van der Waals surface area (Å²) in [6.45, 7) is 2.64. The lowest BCUT2D eigenvalue weighted by Gasteiger charge is -2.00. The molecule has 1 N–H and O–H groups in total. The largest absolute Gasteiger partial charge is 0.368 e. The van der Waals surface area contributed by atoms with Crippen LogP contribution in [0.3, 0.4) is 0 Å². The average molecular weight is 181 g/mol. The van der Waals surface area contributed by atoms with E-state index < -0.39 is 0 Å². The number of anilines is 1. The van der Waals surface area contributed by atoms with Gasteiger partial charge in [0.25, 0.3) is 0 Å². The molecule has 5 nitrogen and oxygen atoms in total. The van der Waals surface area contributed by atoms with Gasteiger partial charge in [-0.1, -0.05) is 4.48 Å². The van der Waals surface area contributed by atoms with E-state index in [1.165, 1.54) is 6.33 Å². The molecule has 0 aliphatic rings. The monoisotopic (exact) mass is 181 g/mol. The maximum atomic E-state index is 12.9. The van der Waals surface area contributed by atoms with E-state index in [1.807, 2.05) is 6.92 Å². The zero-order valence-electron chi connectivity index (χ0n) is 7.03. The fourth-order valence-corrected chi connectivity index (χ4v) is 1.10. The van der Waals surface area contributed by atoms with E-state index in [4.69, 9.17) is 0 Å². The second-order valence-corrected chi connectivity index (χ2v) is 2.48. The van der Waals surface area contributed by atoms with Gasteiger partial charge >= 0.3 is 0 Å². The van der Waals surface area contributed by atoms with Gasteiger partial charge in [-0.2, -0.15) is 0 Å². The molecule has 0 aliphatic carbocycles. The molecule has 0 saturated carbocycles. The van der Waals surface area contributed by atoms with Crippen LogP contribution in [0.1, 0.15) is 6.92 Å². The number of aromatic nitrogens is 4.